The molecule has 33 heavy (non-hydrogen) atoms. The second-order valence-electron chi connectivity index (χ2n) is 7.43. The van der Waals surface area contributed by atoms with E-state index in [-0.39, 0.29) is 12.5 Å². The van der Waals surface area contributed by atoms with Crippen molar-refractivity contribution < 1.29 is 22.7 Å². The van der Waals surface area contributed by atoms with Crippen LogP contribution in [0.15, 0.2) is 53.0 Å². The minimum atomic E-state index is -3.75. The first-order chi connectivity index (χ1) is 15.6. The highest BCUT2D eigenvalue weighted by Crippen LogP contribution is 2.22. The monoisotopic (exact) mass is 539 g/mol. The van der Waals surface area contributed by atoms with Gasteiger partial charge in [-0.25, -0.2) is 8.42 Å². The summed E-state index contributed by atoms with van der Waals surface area (Å²) < 4.78 is 32.1. The number of hydrogen-bond donors (Lipinski definition) is 1. The number of carbonyl (C=O) groups is 2. The van der Waals surface area contributed by atoms with Crippen LogP contribution in [0.3, 0.4) is 0 Å². The number of methoxy groups -OCH3 is 1. The Morgan fingerprint density at radius 1 is 1.06 bits per heavy atom. The molecule has 180 valence electrons. The first-order valence-electron chi connectivity index (χ1n) is 10.5. The molecule has 2 amide bonds. The summed E-state index contributed by atoms with van der Waals surface area (Å²) in [5.41, 5.74) is 1.16. The van der Waals surface area contributed by atoms with Crippen molar-refractivity contribution in [2.24, 2.45) is 0 Å². The molecule has 2 rings (SSSR count). The van der Waals surface area contributed by atoms with Gasteiger partial charge in [0.25, 0.3) is 0 Å². The number of sulfonamides is 1. The van der Waals surface area contributed by atoms with Crippen LogP contribution in [0.2, 0.25) is 0 Å². The largest absolute Gasteiger partial charge is 0.497 e. The van der Waals surface area contributed by atoms with Crippen molar-refractivity contribution in [3.05, 3.63) is 58.6 Å². The molecule has 2 aromatic carbocycles. The van der Waals surface area contributed by atoms with Gasteiger partial charge in [0.1, 0.15) is 18.3 Å². The third kappa shape index (κ3) is 7.46. The molecule has 10 heteroatoms. The van der Waals surface area contributed by atoms with E-state index in [2.05, 4.69) is 21.2 Å². The summed E-state index contributed by atoms with van der Waals surface area (Å²) in [6.45, 7) is 3.77. The van der Waals surface area contributed by atoms with Crippen LogP contribution in [-0.2, 0) is 26.2 Å². The molecule has 1 atom stereocenters. The number of carbonyl (C=O) groups excluding carboxylic acids is 2. The molecule has 0 radical (unpaired) electrons. The van der Waals surface area contributed by atoms with Gasteiger partial charge in [-0.15, -0.1) is 0 Å². The Labute approximate surface area is 204 Å². The lowest BCUT2D eigenvalue weighted by molar-refractivity contribution is -0.140. The van der Waals surface area contributed by atoms with Gasteiger partial charge in [-0.05, 0) is 55.3 Å². The lowest BCUT2D eigenvalue weighted by atomic mass is 10.1. The van der Waals surface area contributed by atoms with Crippen LogP contribution >= 0.6 is 15.9 Å². The van der Waals surface area contributed by atoms with Crippen molar-refractivity contribution >= 4 is 43.5 Å². The van der Waals surface area contributed by atoms with Crippen molar-refractivity contribution in [3.8, 4) is 5.75 Å². The van der Waals surface area contributed by atoms with Crippen molar-refractivity contribution in [2.75, 3.05) is 30.8 Å². The number of benzene rings is 2. The molecule has 2 aromatic rings. The topological polar surface area (TPSA) is 96.0 Å². The molecule has 0 saturated carbocycles. The maximum Gasteiger partial charge on any atom is 0.244 e. The number of amides is 2. The smallest absolute Gasteiger partial charge is 0.244 e. The summed E-state index contributed by atoms with van der Waals surface area (Å²) in [6, 6.07) is 13.1. The van der Waals surface area contributed by atoms with Crippen LogP contribution < -0.4 is 14.4 Å². The maximum atomic E-state index is 13.5. The van der Waals surface area contributed by atoms with Crippen LogP contribution in [0, 0.1) is 0 Å². The van der Waals surface area contributed by atoms with Gasteiger partial charge in [-0.2, -0.15) is 0 Å². The highest BCUT2D eigenvalue weighted by atomic mass is 79.9. The van der Waals surface area contributed by atoms with Crippen LogP contribution in [0.1, 0.15) is 25.8 Å². The number of halogens is 1. The van der Waals surface area contributed by atoms with Gasteiger partial charge in [0, 0.05) is 17.6 Å². The number of rotatable bonds is 11. The first-order valence-corrected chi connectivity index (χ1v) is 13.2. The second kappa shape index (κ2) is 12.0. The molecule has 0 fully saturated rings. The van der Waals surface area contributed by atoms with Crippen LogP contribution in [0.25, 0.3) is 0 Å². The van der Waals surface area contributed by atoms with E-state index in [0.717, 1.165) is 20.6 Å². The average Bonchev–Trinajstić information content (AvgIpc) is 2.77. The van der Waals surface area contributed by atoms with Gasteiger partial charge in [-0.3, -0.25) is 13.9 Å². The van der Waals surface area contributed by atoms with E-state index in [4.69, 9.17) is 4.74 Å². The maximum absolute atomic E-state index is 13.5. The number of likely N-dealkylation sites (N-methyl/N-ethyl adjacent to an activating group) is 1. The van der Waals surface area contributed by atoms with E-state index in [1.165, 1.54) is 4.90 Å². The van der Waals surface area contributed by atoms with Gasteiger partial charge >= 0.3 is 0 Å². The Balaban J connectivity index is 2.40. The van der Waals surface area contributed by atoms with Crippen LogP contribution in [0.4, 0.5) is 5.69 Å². The zero-order chi connectivity index (χ0) is 24.6. The fourth-order valence-electron chi connectivity index (χ4n) is 3.36. The standard InChI is InChI=1S/C23H30BrN3O5S/c1-5-21(23(29)25-6-2)26(15-17-7-13-20(32-3)14-8-17)22(28)16-27(33(4,30)31)19-11-9-18(24)10-12-19/h7-14,21H,5-6,15-16H2,1-4H3,(H,25,29)/t21-/m1/s1. The summed E-state index contributed by atoms with van der Waals surface area (Å²) in [4.78, 5) is 27.7. The summed E-state index contributed by atoms with van der Waals surface area (Å²) in [7, 11) is -2.19. The van der Waals surface area contributed by atoms with Gasteiger partial charge in [-0.1, -0.05) is 35.0 Å². The third-order valence-electron chi connectivity index (χ3n) is 5.04. The lowest BCUT2D eigenvalue weighted by Gasteiger charge is -2.32. The minimum Gasteiger partial charge on any atom is -0.497 e. The number of nitrogens with zero attached hydrogens (tertiary/aromatic N) is 2. The number of anilines is 1. The Kier molecular flexibility index (Phi) is 9.72. The highest BCUT2D eigenvalue weighted by Gasteiger charge is 2.31. The molecule has 0 aliphatic rings. The van der Waals surface area contributed by atoms with Gasteiger partial charge in [0.15, 0.2) is 0 Å². The Morgan fingerprint density at radius 3 is 2.15 bits per heavy atom. The van der Waals surface area contributed by atoms with E-state index in [1.54, 1.807) is 50.4 Å². The summed E-state index contributed by atoms with van der Waals surface area (Å²) in [5.74, 6) is -0.0837. The van der Waals surface area contributed by atoms with Crippen molar-refractivity contribution in [3.63, 3.8) is 0 Å². The van der Waals surface area contributed by atoms with Gasteiger partial charge in [0.2, 0.25) is 21.8 Å². The Hall–Kier alpha value is -2.59. The van der Waals surface area contributed by atoms with Gasteiger partial charge < -0.3 is 15.0 Å². The number of hydrogen-bond acceptors (Lipinski definition) is 5. The molecule has 1 N–H and O–H groups in total. The number of ether oxygens (including phenoxy) is 1. The molecular weight excluding hydrogens is 510 g/mol. The molecule has 0 unspecified atom stereocenters. The zero-order valence-electron chi connectivity index (χ0n) is 19.2. The summed E-state index contributed by atoms with van der Waals surface area (Å²) in [5, 5.41) is 2.77. The lowest BCUT2D eigenvalue weighted by Crippen LogP contribution is -2.52. The van der Waals surface area contributed by atoms with Crippen LogP contribution in [0.5, 0.6) is 5.75 Å². The summed E-state index contributed by atoms with van der Waals surface area (Å²) in [6.07, 6.45) is 1.43. The normalized spacial score (nSPS) is 12.0. The molecule has 0 bridgehead atoms. The molecular formula is C23H30BrN3O5S. The van der Waals surface area contributed by atoms with E-state index in [1.807, 2.05) is 19.1 Å². The highest BCUT2D eigenvalue weighted by molar-refractivity contribution is 9.10. The predicted molar refractivity (Wildman–Crippen MR) is 133 cm³/mol. The Bertz CT molecular complexity index is 1040. The van der Waals surface area contributed by atoms with E-state index in [0.29, 0.717) is 24.4 Å². The molecule has 0 aliphatic heterocycles. The predicted octanol–water partition coefficient (Wildman–Crippen LogP) is 3.17. The van der Waals surface area contributed by atoms with Gasteiger partial charge in [0.05, 0.1) is 19.1 Å². The van der Waals surface area contributed by atoms with Crippen molar-refractivity contribution in [1.82, 2.24) is 10.2 Å². The fraction of sp³-hybridized carbons (Fsp3) is 0.391. The molecule has 0 saturated heterocycles. The molecule has 0 heterocycles. The van der Waals surface area contributed by atoms with Crippen LogP contribution in [-0.4, -0.2) is 57.6 Å². The van der Waals surface area contributed by atoms with E-state index < -0.39 is 28.5 Å². The quantitative estimate of drug-likeness (QED) is 0.473. The zero-order valence-corrected chi connectivity index (χ0v) is 21.6. The molecule has 8 nitrogen and oxygen atoms in total. The third-order valence-corrected chi connectivity index (χ3v) is 6.71. The number of nitrogens with one attached hydrogen (secondary N) is 1. The Morgan fingerprint density at radius 2 is 1.67 bits per heavy atom. The fourth-order valence-corrected chi connectivity index (χ4v) is 4.47. The van der Waals surface area contributed by atoms with Crippen molar-refractivity contribution in [2.45, 2.75) is 32.9 Å². The second-order valence-corrected chi connectivity index (χ2v) is 10.3. The molecule has 0 spiro atoms. The molecule has 0 aromatic heterocycles. The summed E-state index contributed by atoms with van der Waals surface area (Å²) >= 11 is 3.33. The molecule has 0 aliphatic carbocycles. The minimum absolute atomic E-state index is 0.149. The van der Waals surface area contributed by atoms with Crippen molar-refractivity contribution in [1.29, 1.82) is 0 Å². The average molecular weight is 540 g/mol. The van der Waals surface area contributed by atoms with E-state index >= 15 is 0 Å². The van der Waals surface area contributed by atoms with E-state index in [9.17, 15) is 18.0 Å². The first kappa shape index (κ1) is 26.7. The SMILES string of the molecule is CCNC(=O)[C@@H](CC)N(Cc1ccc(OC)cc1)C(=O)CN(c1ccc(Br)cc1)S(C)(=O)=O.